The second kappa shape index (κ2) is 10.4. The predicted molar refractivity (Wildman–Crippen MR) is 118 cm³/mol. The van der Waals surface area contributed by atoms with E-state index in [1.807, 2.05) is 60.7 Å². The molecule has 3 aromatic rings. The van der Waals surface area contributed by atoms with Crippen molar-refractivity contribution in [3.05, 3.63) is 103 Å². The van der Waals surface area contributed by atoms with E-state index >= 15 is 0 Å². The molecule has 30 heavy (non-hydrogen) atoms. The summed E-state index contributed by atoms with van der Waals surface area (Å²) in [6.07, 6.45) is 2.54. The molecule has 0 atom stereocenters. The molecule has 0 aliphatic heterocycles. The highest BCUT2D eigenvalue weighted by atomic mass is 16.5. The van der Waals surface area contributed by atoms with Crippen LogP contribution in [-0.2, 0) is 16.2 Å². The number of amides is 1. The largest absolute Gasteiger partial charge is 0.489 e. The smallest absolute Gasteiger partial charge is 0.277 e. The SMILES string of the molecule is N=C(C(=O)/C=C\Nc1ccc(OCc2ccccc2)cc1)C(=O)Nc1ccccc1. The van der Waals surface area contributed by atoms with Gasteiger partial charge < -0.3 is 15.4 Å². The number of hydrogen-bond acceptors (Lipinski definition) is 5. The molecule has 0 saturated carbocycles. The number of hydrogen-bond donors (Lipinski definition) is 3. The summed E-state index contributed by atoms with van der Waals surface area (Å²) in [4.78, 5) is 24.0. The molecular weight excluding hydrogens is 378 g/mol. The fraction of sp³-hybridized carbons (Fsp3) is 0.0417. The van der Waals surface area contributed by atoms with Crippen molar-refractivity contribution >= 4 is 28.8 Å². The topological polar surface area (TPSA) is 91.3 Å². The normalized spacial score (nSPS) is 10.4. The van der Waals surface area contributed by atoms with Gasteiger partial charge in [0.15, 0.2) is 5.71 Å². The molecule has 0 heterocycles. The summed E-state index contributed by atoms with van der Waals surface area (Å²) in [7, 11) is 0. The Labute approximate surface area is 174 Å². The van der Waals surface area contributed by atoms with Crippen LogP contribution in [0.15, 0.2) is 97.2 Å². The average Bonchev–Trinajstić information content (AvgIpc) is 2.79. The number of ketones is 1. The van der Waals surface area contributed by atoms with Gasteiger partial charge in [0, 0.05) is 23.7 Å². The van der Waals surface area contributed by atoms with E-state index in [0.29, 0.717) is 12.3 Å². The number of benzene rings is 3. The summed E-state index contributed by atoms with van der Waals surface area (Å²) in [6, 6.07) is 25.8. The lowest BCUT2D eigenvalue weighted by Gasteiger charge is -2.07. The number of ether oxygens (including phenoxy) is 1. The van der Waals surface area contributed by atoms with Gasteiger partial charge in [0.05, 0.1) is 0 Å². The number of carbonyl (C=O) groups excluding carboxylic acids is 2. The van der Waals surface area contributed by atoms with Crippen molar-refractivity contribution in [2.75, 3.05) is 10.6 Å². The Kier molecular flexibility index (Phi) is 7.11. The van der Waals surface area contributed by atoms with Gasteiger partial charge in [-0.1, -0.05) is 48.5 Å². The highest BCUT2D eigenvalue weighted by Gasteiger charge is 2.15. The van der Waals surface area contributed by atoms with Gasteiger partial charge in [-0.25, -0.2) is 0 Å². The van der Waals surface area contributed by atoms with Crippen molar-refractivity contribution in [1.82, 2.24) is 0 Å². The molecule has 1 amide bonds. The summed E-state index contributed by atoms with van der Waals surface area (Å²) in [5, 5.41) is 13.2. The van der Waals surface area contributed by atoms with Crippen LogP contribution < -0.4 is 15.4 Å². The Morgan fingerprint density at radius 3 is 2.13 bits per heavy atom. The maximum absolute atomic E-state index is 12.0. The molecule has 150 valence electrons. The van der Waals surface area contributed by atoms with Gasteiger partial charge in [-0.15, -0.1) is 0 Å². The maximum atomic E-state index is 12.0. The van der Waals surface area contributed by atoms with Gasteiger partial charge in [0.2, 0.25) is 5.78 Å². The van der Waals surface area contributed by atoms with Crippen molar-refractivity contribution in [2.45, 2.75) is 6.61 Å². The lowest BCUT2D eigenvalue weighted by Crippen LogP contribution is -2.28. The third-order valence-electron chi connectivity index (χ3n) is 4.09. The first-order valence-corrected chi connectivity index (χ1v) is 9.31. The first-order valence-electron chi connectivity index (χ1n) is 9.31. The third-order valence-corrected chi connectivity index (χ3v) is 4.09. The zero-order valence-electron chi connectivity index (χ0n) is 16.2. The van der Waals surface area contributed by atoms with Crippen LogP contribution in [0.4, 0.5) is 11.4 Å². The molecule has 0 unspecified atom stereocenters. The molecule has 3 rings (SSSR count). The number of rotatable bonds is 9. The van der Waals surface area contributed by atoms with Crippen molar-refractivity contribution in [2.24, 2.45) is 0 Å². The van der Waals surface area contributed by atoms with Crippen LogP contribution in [0.2, 0.25) is 0 Å². The van der Waals surface area contributed by atoms with Crippen LogP contribution in [0.25, 0.3) is 0 Å². The van der Waals surface area contributed by atoms with Gasteiger partial charge in [0.1, 0.15) is 12.4 Å². The van der Waals surface area contributed by atoms with Crippen molar-refractivity contribution < 1.29 is 14.3 Å². The Morgan fingerprint density at radius 2 is 1.47 bits per heavy atom. The van der Waals surface area contributed by atoms with Crippen LogP contribution in [0.5, 0.6) is 5.75 Å². The lowest BCUT2D eigenvalue weighted by atomic mass is 10.2. The number of nitrogens with one attached hydrogen (secondary N) is 3. The number of anilines is 2. The summed E-state index contributed by atoms with van der Waals surface area (Å²) >= 11 is 0. The molecule has 3 N–H and O–H groups in total. The van der Waals surface area contributed by atoms with Crippen LogP contribution in [-0.4, -0.2) is 17.4 Å². The fourth-order valence-corrected chi connectivity index (χ4v) is 2.51. The monoisotopic (exact) mass is 399 g/mol. The predicted octanol–water partition coefficient (Wildman–Crippen LogP) is 4.42. The Morgan fingerprint density at radius 1 is 0.833 bits per heavy atom. The van der Waals surface area contributed by atoms with E-state index in [2.05, 4.69) is 10.6 Å². The zero-order chi connectivity index (χ0) is 21.2. The average molecular weight is 399 g/mol. The number of para-hydroxylation sites is 1. The van der Waals surface area contributed by atoms with Gasteiger partial charge in [-0.05, 0) is 42.0 Å². The first-order chi connectivity index (χ1) is 14.6. The quantitative estimate of drug-likeness (QED) is 0.282. The van der Waals surface area contributed by atoms with E-state index in [4.69, 9.17) is 10.1 Å². The Bertz CT molecular complexity index is 1030. The molecule has 6 nitrogen and oxygen atoms in total. The summed E-state index contributed by atoms with van der Waals surface area (Å²) in [5.74, 6) is -0.724. The van der Waals surface area contributed by atoms with E-state index in [1.165, 1.54) is 6.20 Å². The standard InChI is InChI=1S/C24H21N3O3/c25-23(24(29)27-20-9-5-2-6-10-20)22(28)15-16-26-19-11-13-21(14-12-19)30-17-18-7-3-1-4-8-18/h1-16,25-26H,17H2,(H,27,29)/b16-15-,25-23?. The number of allylic oxidation sites excluding steroid dienone is 1. The van der Waals surface area contributed by atoms with Gasteiger partial charge >= 0.3 is 0 Å². The lowest BCUT2D eigenvalue weighted by molar-refractivity contribution is -0.113. The molecule has 3 aromatic carbocycles. The van der Waals surface area contributed by atoms with Crippen molar-refractivity contribution in [1.29, 1.82) is 5.41 Å². The highest BCUT2D eigenvalue weighted by molar-refractivity contribution is 6.68. The van der Waals surface area contributed by atoms with E-state index in [1.54, 1.807) is 24.3 Å². The van der Waals surface area contributed by atoms with E-state index in [9.17, 15) is 9.59 Å². The van der Waals surface area contributed by atoms with Crippen LogP contribution >= 0.6 is 0 Å². The molecule has 0 radical (unpaired) electrons. The molecule has 6 heteroatoms. The molecule has 0 aliphatic rings. The van der Waals surface area contributed by atoms with Gasteiger partial charge in [-0.2, -0.15) is 0 Å². The van der Waals surface area contributed by atoms with Gasteiger partial charge in [-0.3, -0.25) is 15.0 Å². The fourth-order valence-electron chi connectivity index (χ4n) is 2.51. The summed E-state index contributed by atoms with van der Waals surface area (Å²) in [6.45, 7) is 0.481. The van der Waals surface area contributed by atoms with Crippen molar-refractivity contribution in [3.8, 4) is 5.75 Å². The van der Waals surface area contributed by atoms with Crippen LogP contribution in [0.3, 0.4) is 0 Å². The van der Waals surface area contributed by atoms with Gasteiger partial charge in [0.25, 0.3) is 5.91 Å². The highest BCUT2D eigenvalue weighted by Crippen LogP contribution is 2.17. The van der Waals surface area contributed by atoms with Crippen LogP contribution in [0, 0.1) is 5.41 Å². The minimum absolute atomic E-state index is 0.481. The third kappa shape index (κ3) is 6.17. The molecule has 0 saturated heterocycles. The molecule has 0 fully saturated rings. The molecule has 0 aromatic heterocycles. The van der Waals surface area contributed by atoms with Crippen LogP contribution in [0.1, 0.15) is 5.56 Å². The Hall–Kier alpha value is -4.19. The molecular formula is C24H21N3O3. The zero-order valence-corrected chi connectivity index (χ0v) is 16.2. The van der Waals surface area contributed by atoms with E-state index in [-0.39, 0.29) is 0 Å². The minimum Gasteiger partial charge on any atom is -0.489 e. The summed E-state index contributed by atoms with van der Waals surface area (Å²) < 4.78 is 5.72. The van der Waals surface area contributed by atoms with E-state index in [0.717, 1.165) is 23.1 Å². The molecule has 0 aliphatic carbocycles. The summed E-state index contributed by atoms with van der Waals surface area (Å²) in [5.41, 5.74) is 1.71. The van der Waals surface area contributed by atoms with E-state index < -0.39 is 17.4 Å². The minimum atomic E-state index is -0.754. The maximum Gasteiger partial charge on any atom is 0.277 e. The van der Waals surface area contributed by atoms with Crippen molar-refractivity contribution in [3.63, 3.8) is 0 Å². The second-order valence-electron chi connectivity index (χ2n) is 6.34. The Balaban J connectivity index is 1.46. The second-order valence-corrected chi connectivity index (χ2v) is 6.34. The molecule has 0 spiro atoms. The molecule has 0 bridgehead atoms. The number of carbonyl (C=O) groups is 2. The first kappa shape index (κ1) is 20.5.